The molecule has 0 atom stereocenters. The van der Waals surface area contributed by atoms with E-state index in [0.29, 0.717) is 17.9 Å². The van der Waals surface area contributed by atoms with Crippen LogP contribution in [0, 0.1) is 5.41 Å². The molecular formula is C16H27N5O. The molecule has 6 heteroatoms. The minimum atomic E-state index is 0.00739. The number of anilines is 2. The molecule has 1 aromatic heterocycles. The standard InChI is InChI=1S/C16H27N5O/c1-21(9-16(10-22)4-2-3-5-16)14-8-13(19-15(18)20-14)11-6-12(17)7-11/h8,11-12,22H,2-7,9-10,17H2,1H3,(H2,18,19,20). The van der Waals surface area contributed by atoms with Gasteiger partial charge in [0.25, 0.3) is 0 Å². The lowest BCUT2D eigenvalue weighted by atomic mass is 9.78. The van der Waals surface area contributed by atoms with Crippen molar-refractivity contribution in [3.63, 3.8) is 0 Å². The highest BCUT2D eigenvalue weighted by molar-refractivity contribution is 5.44. The number of aromatic nitrogens is 2. The fourth-order valence-corrected chi connectivity index (χ4v) is 3.85. The van der Waals surface area contributed by atoms with Gasteiger partial charge in [-0.1, -0.05) is 12.8 Å². The summed E-state index contributed by atoms with van der Waals surface area (Å²) in [5.74, 6) is 1.58. The maximum atomic E-state index is 9.79. The highest BCUT2D eigenvalue weighted by Gasteiger charge is 2.35. The summed E-state index contributed by atoms with van der Waals surface area (Å²) in [6.45, 7) is 1.05. The number of aliphatic hydroxyl groups is 1. The molecule has 0 radical (unpaired) electrons. The van der Waals surface area contributed by atoms with Gasteiger partial charge in [0.2, 0.25) is 5.95 Å². The highest BCUT2D eigenvalue weighted by atomic mass is 16.3. The minimum Gasteiger partial charge on any atom is -0.396 e. The third-order valence-corrected chi connectivity index (χ3v) is 5.31. The van der Waals surface area contributed by atoms with Crippen molar-refractivity contribution in [2.75, 3.05) is 30.8 Å². The zero-order chi connectivity index (χ0) is 15.7. The van der Waals surface area contributed by atoms with E-state index in [1.54, 1.807) is 0 Å². The maximum absolute atomic E-state index is 9.79. The molecule has 5 N–H and O–H groups in total. The lowest BCUT2D eigenvalue weighted by molar-refractivity contribution is 0.136. The normalized spacial score (nSPS) is 26.7. The number of nitrogen functional groups attached to an aromatic ring is 1. The van der Waals surface area contributed by atoms with Crippen LogP contribution in [0.3, 0.4) is 0 Å². The predicted molar refractivity (Wildman–Crippen MR) is 87.7 cm³/mol. The van der Waals surface area contributed by atoms with Crippen molar-refractivity contribution in [3.8, 4) is 0 Å². The maximum Gasteiger partial charge on any atom is 0.222 e. The Morgan fingerprint density at radius 2 is 2.00 bits per heavy atom. The van der Waals surface area contributed by atoms with E-state index in [9.17, 15) is 5.11 Å². The van der Waals surface area contributed by atoms with Crippen molar-refractivity contribution in [1.82, 2.24) is 9.97 Å². The number of hydrogen-bond acceptors (Lipinski definition) is 6. The molecule has 2 saturated carbocycles. The zero-order valence-corrected chi connectivity index (χ0v) is 13.3. The Balaban J connectivity index is 1.75. The number of nitrogens with zero attached hydrogens (tertiary/aromatic N) is 3. The minimum absolute atomic E-state index is 0.00739. The Hall–Kier alpha value is -1.40. The second-order valence-electron chi connectivity index (χ2n) is 7.16. The van der Waals surface area contributed by atoms with E-state index in [1.165, 1.54) is 12.8 Å². The molecule has 0 aliphatic heterocycles. The van der Waals surface area contributed by atoms with E-state index in [-0.39, 0.29) is 12.0 Å². The van der Waals surface area contributed by atoms with Gasteiger partial charge in [-0.15, -0.1) is 0 Å². The molecule has 1 heterocycles. The van der Waals surface area contributed by atoms with Gasteiger partial charge >= 0.3 is 0 Å². The lowest BCUT2D eigenvalue weighted by Crippen LogP contribution is -2.37. The largest absolute Gasteiger partial charge is 0.396 e. The monoisotopic (exact) mass is 305 g/mol. The summed E-state index contributed by atoms with van der Waals surface area (Å²) in [7, 11) is 2.02. The Bertz CT molecular complexity index is 523. The van der Waals surface area contributed by atoms with Gasteiger partial charge in [0.05, 0.1) is 12.3 Å². The summed E-state index contributed by atoms with van der Waals surface area (Å²) in [5, 5.41) is 9.79. The molecule has 0 amide bonds. The molecule has 0 aromatic carbocycles. The molecule has 0 unspecified atom stereocenters. The first-order valence-corrected chi connectivity index (χ1v) is 8.23. The zero-order valence-electron chi connectivity index (χ0n) is 13.3. The molecule has 0 spiro atoms. The van der Waals surface area contributed by atoms with Crippen LogP contribution >= 0.6 is 0 Å². The van der Waals surface area contributed by atoms with Crippen LogP contribution < -0.4 is 16.4 Å². The second kappa shape index (κ2) is 6.01. The van der Waals surface area contributed by atoms with Crippen molar-refractivity contribution in [3.05, 3.63) is 11.8 Å². The van der Waals surface area contributed by atoms with Gasteiger partial charge in [-0.3, -0.25) is 0 Å². The summed E-state index contributed by atoms with van der Waals surface area (Å²) in [6, 6.07) is 2.32. The first kappa shape index (κ1) is 15.5. The lowest BCUT2D eigenvalue weighted by Gasteiger charge is -2.34. The van der Waals surface area contributed by atoms with Crippen LogP contribution in [-0.2, 0) is 0 Å². The highest BCUT2D eigenvalue weighted by Crippen LogP contribution is 2.39. The number of hydrogen-bond donors (Lipinski definition) is 3. The van der Waals surface area contributed by atoms with Crippen LogP contribution in [0.4, 0.5) is 11.8 Å². The molecule has 1 aromatic rings. The molecule has 2 aliphatic rings. The van der Waals surface area contributed by atoms with E-state index in [4.69, 9.17) is 11.5 Å². The molecule has 0 saturated heterocycles. The van der Waals surface area contributed by atoms with Gasteiger partial charge in [-0.2, -0.15) is 4.98 Å². The van der Waals surface area contributed by atoms with Crippen LogP contribution in [0.2, 0.25) is 0 Å². The summed E-state index contributed by atoms with van der Waals surface area (Å²) in [6.07, 6.45) is 6.51. The van der Waals surface area contributed by atoms with Crippen LogP contribution in [0.15, 0.2) is 6.07 Å². The summed E-state index contributed by atoms with van der Waals surface area (Å²) < 4.78 is 0. The second-order valence-corrected chi connectivity index (χ2v) is 7.16. The van der Waals surface area contributed by atoms with E-state index in [2.05, 4.69) is 14.9 Å². The van der Waals surface area contributed by atoms with Crippen LogP contribution in [-0.4, -0.2) is 41.3 Å². The van der Waals surface area contributed by atoms with Crippen molar-refractivity contribution in [2.24, 2.45) is 11.1 Å². The van der Waals surface area contributed by atoms with Crippen molar-refractivity contribution < 1.29 is 5.11 Å². The van der Waals surface area contributed by atoms with E-state index in [1.807, 2.05) is 13.1 Å². The molecule has 0 bridgehead atoms. The third kappa shape index (κ3) is 3.03. The fourth-order valence-electron chi connectivity index (χ4n) is 3.85. The van der Waals surface area contributed by atoms with Crippen molar-refractivity contribution >= 4 is 11.8 Å². The van der Waals surface area contributed by atoms with Gasteiger partial charge in [-0.25, -0.2) is 4.98 Å². The Morgan fingerprint density at radius 1 is 1.32 bits per heavy atom. The van der Waals surface area contributed by atoms with Gasteiger partial charge in [0, 0.05) is 37.0 Å². The quantitative estimate of drug-likeness (QED) is 0.757. The van der Waals surface area contributed by atoms with Crippen LogP contribution in [0.25, 0.3) is 0 Å². The molecule has 122 valence electrons. The first-order chi connectivity index (χ1) is 10.5. The molecule has 2 fully saturated rings. The van der Waals surface area contributed by atoms with E-state index in [0.717, 1.165) is 43.7 Å². The first-order valence-electron chi connectivity index (χ1n) is 8.23. The number of rotatable bonds is 5. The molecule has 2 aliphatic carbocycles. The molecular weight excluding hydrogens is 278 g/mol. The van der Waals surface area contributed by atoms with Crippen LogP contribution in [0.5, 0.6) is 0 Å². The average Bonchev–Trinajstić information content (AvgIpc) is 2.92. The summed E-state index contributed by atoms with van der Waals surface area (Å²) in [5.41, 5.74) is 12.8. The van der Waals surface area contributed by atoms with Crippen molar-refractivity contribution in [2.45, 2.75) is 50.5 Å². The Morgan fingerprint density at radius 3 is 2.59 bits per heavy atom. The molecule has 6 nitrogen and oxygen atoms in total. The Labute approximate surface area is 131 Å². The molecule has 22 heavy (non-hydrogen) atoms. The summed E-state index contributed by atoms with van der Waals surface area (Å²) >= 11 is 0. The average molecular weight is 305 g/mol. The van der Waals surface area contributed by atoms with Gasteiger partial charge in [-0.05, 0) is 25.7 Å². The third-order valence-electron chi connectivity index (χ3n) is 5.31. The fraction of sp³-hybridized carbons (Fsp3) is 0.750. The summed E-state index contributed by atoms with van der Waals surface area (Å²) in [4.78, 5) is 10.9. The van der Waals surface area contributed by atoms with E-state index >= 15 is 0 Å². The topological polar surface area (TPSA) is 101 Å². The van der Waals surface area contributed by atoms with Gasteiger partial charge in [0.15, 0.2) is 0 Å². The number of nitrogens with two attached hydrogens (primary N) is 2. The van der Waals surface area contributed by atoms with Gasteiger partial charge < -0.3 is 21.5 Å². The molecule has 3 rings (SSSR count). The SMILES string of the molecule is CN(CC1(CO)CCCC1)c1cc(C2CC(N)C2)nc(N)n1. The predicted octanol–water partition coefficient (Wildman–Crippen LogP) is 1.25. The van der Waals surface area contributed by atoms with E-state index < -0.39 is 0 Å². The van der Waals surface area contributed by atoms with Crippen LogP contribution in [0.1, 0.15) is 50.1 Å². The number of aliphatic hydroxyl groups excluding tert-OH is 1. The Kier molecular flexibility index (Phi) is 4.23. The van der Waals surface area contributed by atoms with Crippen molar-refractivity contribution in [1.29, 1.82) is 0 Å². The van der Waals surface area contributed by atoms with Gasteiger partial charge in [0.1, 0.15) is 5.82 Å². The smallest absolute Gasteiger partial charge is 0.222 e.